The number of rotatable bonds is 6. The number of amides is 2. The summed E-state index contributed by atoms with van der Waals surface area (Å²) in [6.45, 7) is 0. The number of aromatic nitrogens is 1. The summed E-state index contributed by atoms with van der Waals surface area (Å²) in [7, 11) is 0. The number of nitrogens with zero attached hydrogens (tertiary/aromatic N) is 1. The maximum absolute atomic E-state index is 12.3. The quantitative estimate of drug-likeness (QED) is 0.718. The van der Waals surface area contributed by atoms with Crippen LogP contribution in [0.4, 0.5) is 0 Å². The van der Waals surface area contributed by atoms with Crippen LogP contribution in [-0.2, 0) is 11.2 Å². The van der Waals surface area contributed by atoms with E-state index in [4.69, 9.17) is 10.2 Å². The zero-order valence-corrected chi connectivity index (χ0v) is 13.5. The molecule has 0 aliphatic carbocycles. The summed E-state index contributed by atoms with van der Waals surface area (Å²) in [6.07, 6.45) is 1.87. The first kappa shape index (κ1) is 15.9. The van der Waals surface area contributed by atoms with Crippen LogP contribution in [0.1, 0.15) is 16.1 Å². The third-order valence-electron chi connectivity index (χ3n) is 3.40. The number of furan rings is 1. The molecule has 2 aromatic heterocycles. The van der Waals surface area contributed by atoms with Crippen LogP contribution in [0.3, 0.4) is 0 Å². The van der Waals surface area contributed by atoms with E-state index in [1.54, 1.807) is 23.8 Å². The van der Waals surface area contributed by atoms with Crippen molar-refractivity contribution in [2.75, 3.05) is 0 Å². The van der Waals surface area contributed by atoms with Crippen LogP contribution < -0.4 is 11.1 Å². The Balaban J connectivity index is 1.71. The van der Waals surface area contributed by atoms with Crippen molar-refractivity contribution in [2.45, 2.75) is 12.5 Å². The van der Waals surface area contributed by atoms with E-state index in [1.165, 1.54) is 11.3 Å². The van der Waals surface area contributed by atoms with Gasteiger partial charge in [-0.1, -0.05) is 30.3 Å². The van der Waals surface area contributed by atoms with Crippen LogP contribution in [0.2, 0.25) is 0 Å². The number of carbonyl (C=O) groups is 2. The summed E-state index contributed by atoms with van der Waals surface area (Å²) in [4.78, 5) is 28.2. The highest BCUT2D eigenvalue weighted by Crippen LogP contribution is 2.23. The molecule has 0 fully saturated rings. The molecule has 7 heteroatoms. The van der Waals surface area contributed by atoms with Crippen molar-refractivity contribution in [3.8, 4) is 10.8 Å². The summed E-state index contributed by atoms with van der Waals surface area (Å²) in [5.74, 6) is -0.438. The lowest BCUT2D eigenvalue weighted by atomic mass is 10.1. The lowest BCUT2D eigenvalue weighted by Gasteiger charge is -2.14. The Hall–Kier alpha value is -2.93. The summed E-state index contributed by atoms with van der Waals surface area (Å²) < 4.78 is 5.25. The van der Waals surface area contributed by atoms with E-state index in [0.717, 1.165) is 5.56 Å². The number of hydrogen-bond acceptors (Lipinski definition) is 5. The molecule has 1 atom stereocenters. The lowest BCUT2D eigenvalue weighted by Crippen LogP contribution is -2.45. The molecule has 0 saturated heterocycles. The molecule has 0 radical (unpaired) electrons. The first-order valence-corrected chi connectivity index (χ1v) is 8.15. The van der Waals surface area contributed by atoms with Crippen LogP contribution in [0, 0.1) is 0 Å². The zero-order valence-electron chi connectivity index (χ0n) is 12.6. The molecule has 2 amide bonds. The Kier molecular flexibility index (Phi) is 4.72. The normalized spacial score (nSPS) is 11.8. The van der Waals surface area contributed by atoms with Crippen LogP contribution in [0.15, 0.2) is 58.5 Å². The number of nitrogens with one attached hydrogen (secondary N) is 1. The highest BCUT2D eigenvalue weighted by molar-refractivity contribution is 7.13. The van der Waals surface area contributed by atoms with Crippen molar-refractivity contribution in [1.29, 1.82) is 0 Å². The number of benzene rings is 1. The fraction of sp³-hybridized carbons (Fsp3) is 0.118. The average molecular weight is 341 g/mol. The Morgan fingerprint density at radius 1 is 1.21 bits per heavy atom. The van der Waals surface area contributed by atoms with Gasteiger partial charge in [0.2, 0.25) is 5.91 Å². The molecule has 3 rings (SSSR count). The Bertz CT molecular complexity index is 828. The van der Waals surface area contributed by atoms with Gasteiger partial charge in [-0.15, -0.1) is 11.3 Å². The van der Waals surface area contributed by atoms with E-state index in [-0.39, 0.29) is 5.69 Å². The van der Waals surface area contributed by atoms with Gasteiger partial charge in [-0.05, 0) is 17.7 Å². The van der Waals surface area contributed by atoms with Gasteiger partial charge in [0.05, 0.1) is 6.26 Å². The maximum atomic E-state index is 12.3. The minimum Gasteiger partial charge on any atom is -0.462 e. The lowest BCUT2D eigenvalue weighted by molar-refractivity contribution is -0.119. The summed E-state index contributed by atoms with van der Waals surface area (Å²) in [6, 6.07) is 12.1. The highest BCUT2D eigenvalue weighted by Gasteiger charge is 2.21. The van der Waals surface area contributed by atoms with Crippen molar-refractivity contribution in [3.63, 3.8) is 0 Å². The van der Waals surface area contributed by atoms with E-state index < -0.39 is 17.9 Å². The first-order valence-electron chi connectivity index (χ1n) is 7.27. The van der Waals surface area contributed by atoms with Crippen molar-refractivity contribution in [3.05, 3.63) is 65.4 Å². The summed E-state index contributed by atoms with van der Waals surface area (Å²) >= 11 is 1.29. The predicted molar refractivity (Wildman–Crippen MR) is 90.4 cm³/mol. The summed E-state index contributed by atoms with van der Waals surface area (Å²) in [5.41, 5.74) is 6.55. The molecular formula is C17H15N3O3S. The number of hydrogen-bond donors (Lipinski definition) is 2. The van der Waals surface area contributed by atoms with Crippen LogP contribution in [0.25, 0.3) is 10.8 Å². The van der Waals surface area contributed by atoms with Gasteiger partial charge in [0.15, 0.2) is 10.8 Å². The number of primary amides is 1. The minimum absolute atomic E-state index is 0.228. The Morgan fingerprint density at radius 3 is 2.67 bits per heavy atom. The fourth-order valence-corrected chi connectivity index (χ4v) is 2.96. The topological polar surface area (TPSA) is 98.2 Å². The second-order valence-electron chi connectivity index (χ2n) is 5.13. The van der Waals surface area contributed by atoms with Crippen LogP contribution in [0.5, 0.6) is 0 Å². The van der Waals surface area contributed by atoms with Crippen molar-refractivity contribution in [2.24, 2.45) is 5.73 Å². The van der Waals surface area contributed by atoms with Crippen LogP contribution in [-0.4, -0.2) is 22.8 Å². The molecule has 0 aliphatic heterocycles. The maximum Gasteiger partial charge on any atom is 0.271 e. The predicted octanol–water partition coefficient (Wildman–Crippen LogP) is 2.23. The van der Waals surface area contributed by atoms with Crippen molar-refractivity contribution >= 4 is 23.2 Å². The average Bonchev–Trinajstić information content (AvgIpc) is 3.26. The SMILES string of the molecule is NC(=O)C(Cc1ccccc1)NC(=O)c1csc(-c2ccco2)n1. The van der Waals surface area contributed by atoms with E-state index in [1.807, 2.05) is 30.3 Å². The smallest absolute Gasteiger partial charge is 0.271 e. The molecule has 6 nitrogen and oxygen atoms in total. The van der Waals surface area contributed by atoms with Gasteiger partial charge in [0, 0.05) is 11.8 Å². The van der Waals surface area contributed by atoms with E-state index in [0.29, 0.717) is 17.2 Å². The second kappa shape index (κ2) is 7.10. The van der Waals surface area contributed by atoms with Gasteiger partial charge in [-0.3, -0.25) is 9.59 Å². The third kappa shape index (κ3) is 3.69. The van der Waals surface area contributed by atoms with Gasteiger partial charge >= 0.3 is 0 Å². The second-order valence-corrected chi connectivity index (χ2v) is 5.99. The molecule has 0 aliphatic rings. The number of carbonyl (C=O) groups excluding carboxylic acids is 2. The van der Waals surface area contributed by atoms with Crippen LogP contribution >= 0.6 is 11.3 Å². The first-order chi connectivity index (χ1) is 11.6. The van der Waals surface area contributed by atoms with Gasteiger partial charge in [0.1, 0.15) is 11.7 Å². The van der Waals surface area contributed by atoms with Crippen molar-refractivity contribution in [1.82, 2.24) is 10.3 Å². The van der Waals surface area contributed by atoms with E-state index in [9.17, 15) is 9.59 Å². The monoisotopic (exact) mass is 341 g/mol. The molecule has 1 unspecified atom stereocenters. The van der Waals surface area contributed by atoms with Gasteiger partial charge in [-0.2, -0.15) is 0 Å². The molecular weight excluding hydrogens is 326 g/mol. The number of nitrogens with two attached hydrogens (primary N) is 1. The molecule has 24 heavy (non-hydrogen) atoms. The highest BCUT2D eigenvalue weighted by atomic mass is 32.1. The molecule has 3 N–H and O–H groups in total. The standard InChI is InChI=1S/C17H15N3O3S/c18-15(21)12(9-11-5-2-1-3-6-11)19-16(22)13-10-24-17(20-13)14-7-4-8-23-14/h1-8,10,12H,9H2,(H2,18,21)(H,19,22). The van der Waals surface area contributed by atoms with Crippen molar-refractivity contribution < 1.29 is 14.0 Å². The van der Waals surface area contributed by atoms with Gasteiger partial charge in [-0.25, -0.2) is 4.98 Å². The fourth-order valence-electron chi connectivity index (χ4n) is 2.20. The molecule has 0 spiro atoms. The molecule has 0 saturated carbocycles. The largest absolute Gasteiger partial charge is 0.462 e. The molecule has 3 aromatic rings. The Labute approximate surface area is 142 Å². The summed E-state index contributed by atoms with van der Waals surface area (Å²) in [5, 5.41) is 4.86. The molecule has 0 bridgehead atoms. The third-order valence-corrected chi connectivity index (χ3v) is 4.26. The Morgan fingerprint density at radius 2 is 2.00 bits per heavy atom. The minimum atomic E-state index is -0.798. The van der Waals surface area contributed by atoms with E-state index in [2.05, 4.69) is 10.3 Å². The molecule has 1 aromatic carbocycles. The van der Waals surface area contributed by atoms with Gasteiger partial charge in [0.25, 0.3) is 5.91 Å². The zero-order chi connectivity index (χ0) is 16.9. The van der Waals surface area contributed by atoms with E-state index >= 15 is 0 Å². The number of thiazole rings is 1. The molecule has 122 valence electrons. The van der Waals surface area contributed by atoms with Gasteiger partial charge < -0.3 is 15.5 Å². The molecule has 2 heterocycles.